The zero-order chi connectivity index (χ0) is 54.9. The highest BCUT2D eigenvalue weighted by atomic mass is 32.1. The van der Waals surface area contributed by atoms with Gasteiger partial charge in [0.1, 0.15) is 5.82 Å². The fourth-order valence-electron chi connectivity index (χ4n) is 6.59. The number of anilines is 1. The summed E-state index contributed by atoms with van der Waals surface area (Å²) in [7, 11) is 0. The fourth-order valence-corrected chi connectivity index (χ4v) is 7.60. The number of Topliss-reactive ketones (excluding diaryl/α,β-unsaturated/α-hetero) is 1. The van der Waals surface area contributed by atoms with Gasteiger partial charge in [-0.05, 0) is 167 Å². The summed E-state index contributed by atoms with van der Waals surface area (Å²) in [4.78, 5) is 33.3. The molecule has 1 amide bonds. The molecule has 1 aliphatic heterocycles. The molecule has 0 spiro atoms. The van der Waals surface area contributed by atoms with Crippen molar-refractivity contribution >= 4 is 62.6 Å². The Morgan fingerprint density at radius 3 is 1.79 bits per heavy atom. The average molecular weight is 1060 g/mol. The van der Waals surface area contributed by atoms with Crippen molar-refractivity contribution < 1.29 is 41.7 Å². The minimum absolute atomic E-state index is 0. The summed E-state index contributed by atoms with van der Waals surface area (Å²) in [5.74, 6) is 73.1. The molecule has 5 rings (SSSR count). The van der Waals surface area contributed by atoms with Crippen molar-refractivity contribution in [3.63, 3.8) is 0 Å². The van der Waals surface area contributed by atoms with Crippen LogP contribution in [0.5, 0.6) is 0 Å². The molecule has 0 radical (unpaired) electrons. The number of carbonyl (C=O) groups is 2. The Bertz CT molecular complexity index is 3740. The van der Waals surface area contributed by atoms with Crippen molar-refractivity contribution in [3.8, 4) is 179 Å². The van der Waals surface area contributed by atoms with E-state index in [2.05, 4.69) is 257 Å². The number of benzene rings is 2. The van der Waals surface area contributed by atoms with E-state index in [1.807, 2.05) is 30.3 Å². The van der Waals surface area contributed by atoms with Crippen LogP contribution >= 0.6 is 24.2 Å². The monoisotopic (exact) mass is 1060 g/mol. The zero-order valence-electron chi connectivity index (χ0n) is 40.9. The van der Waals surface area contributed by atoms with Crippen LogP contribution in [-0.4, -0.2) is 51.3 Å². The van der Waals surface area contributed by atoms with E-state index in [0.717, 1.165) is 40.1 Å². The standard InChI is InChI=1S/C31H36N4O2S.C30H2.H3N5O2S.16H2/c1-20-6-5-7-21(2)35(20)18-30(37)34-27(17-24-19-38-29-9-4-3-8-25(24)29)28(36)13-11-22-10-12-26-23(16-22)14-15-33-31(26)32;1-3-5-7-9-11-13-15-17-19-21-23-25-27-29-30-28-26-24-22-20-18-16-14-12-10-8-6-4-2;1-2-3-4-5(6)7-8;;;;;;;;;;;;;;;;/h3-4,8-10,12,14-16,19-21,27H,5-7,11,13,17-18H2,1-2H3,(H2,32,33)(H,34,37);1-2H;8H,(H2,1,3);16*1H/t20-,21+,27-;;;;;;;;;;;;;;;;;;/m0................../s1. The predicted octanol–water partition coefficient (Wildman–Crippen LogP) is 9.72. The van der Waals surface area contributed by atoms with Gasteiger partial charge in [0.05, 0.1) is 22.8 Å². The number of likely N-dealkylation sites (tertiary alicyclic amines) is 1. The molecule has 3 heterocycles. The number of carbonyl (C=O) groups excluding carboxylic acids is 2. The third kappa shape index (κ3) is 24.3. The minimum Gasteiger partial charge on any atom is -0.394 e. The molecular weight excluding hydrogens is 987 g/mol. The molecular formula is C61H73N9O4S2. The molecule has 398 valence electrons. The third-order valence-corrected chi connectivity index (χ3v) is 11.0. The first-order valence-corrected chi connectivity index (χ1v) is 23.5. The lowest BCUT2D eigenvalue weighted by atomic mass is 9.96. The number of nitrogens with one attached hydrogen (secondary N) is 1. The van der Waals surface area contributed by atoms with Gasteiger partial charge in [-0.2, -0.15) is 0 Å². The van der Waals surface area contributed by atoms with Gasteiger partial charge in [-0.15, -0.1) is 24.2 Å². The van der Waals surface area contributed by atoms with E-state index >= 15 is 0 Å². The number of piperidine rings is 1. The van der Waals surface area contributed by atoms with Crippen LogP contribution in [0.15, 0.2) is 75.8 Å². The van der Waals surface area contributed by atoms with E-state index in [4.69, 9.17) is 18.6 Å². The zero-order valence-corrected chi connectivity index (χ0v) is 42.6. The first kappa shape index (κ1) is 59.4. The Morgan fingerprint density at radius 1 is 0.803 bits per heavy atom. The molecule has 13 nitrogen and oxygen atoms in total. The number of hydrogen-bond acceptors (Lipinski definition) is 10. The second-order valence-electron chi connectivity index (χ2n) is 14.8. The first-order chi connectivity index (χ1) is 37.1. The Balaban J connectivity index is -0.0000000864. The van der Waals surface area contributed by atoms with Gasteiger partial charge < -0.3 is 20.5 Å². The number of amides is 1. The number of nitrogen functional groups attached to an aromatic ring is 1. The van der Waals surface area contributed by atoms with Crippen molar-refractivity contribution in [2.24, 2.45) is 21.5 Å². The van der Waals surface area contributed by atoms with Gasteiger partial charge in [0.15, 0.2) is 5.78 Å². The highest BCUT2D eigenvalue weighted by molar-refractivity contribution is 7.74. The molecule has 1 fully saturated rings. The smallest absolute Gasteiger partial charge is 0.234 e. The summed E-state index contributed by atoms with van der Waals surface area (Å²) in [6.07, 6.45) is 16.4. The van der Waals surface area contributed by atoms with E-state index in [1.54, 1.807) is 17.5 Å². The van der Waals surface area contributed by atoms with Gasteiger partial charge >= 0.3 is 0 Å². The van der Waals surface area contributed by atoms with Crippen LogP contribution in [0.25, 0.3) is 20.9 Å². The van der Waals surface area contributed by atoms with Crippen molar-refractivity contribution in [2.75, 3.05) is 12.3 Å². The number of aromatic nitrogens is 1. The maximum absolute atomic E-state index is 13.6. The van der Waals surface area contributed by atoms with Crippen LogP contribution in [0.1, 0.15) is 73.5 Å². The SMILES string of the molecule is C#CC#CC#CC#CC#CC#CC#CC#CC#CC#CC#CC#CC#CC#CC#C.C[C@@H]1CCC[C@H](C)N1CC(=O)N[C@@H](Cc1csc2ccccc12)C(=O)CCc1ccc2c(N)nccc2c1.NN=NN=[N+]([O-])OS.[HH].[HH].[HH].[HH].[HH].[HH].[HH].[HH].[HH].[HH].[HH].[HH].[HH].[HH].[HH].[HH]. The summed E-state index contributed by atoms with van der Waals surface area (Å²) in [5.41, 5.74) is 8.17. The third-order valence-electron chi connectivity index (χ3n) is 9.87. The maximum atomic E-state index is 13.6. The van der Waals surface area contributed by atoms with Gasteiger partial charge in [-0.25, -0.2) is 4.98 Å². The van der Waals surface area contributed by atoms with Gasteiger partial charge in [0.2, 0.25) is 16.4 Å². The first-order valence-electron chi connectivity index (χ1n) is 22.3. The van der Waals surface area contributed by atoms with Crippen LogP contribution in [-0.2, 0) is 26.7 Å². The Morgan fingerprint density at radius 2 is 1.30 bits per heavy atom. The number of thiophene rings is 1. The van der Waals surface area contributed by atoms with Gasteiger partial charge in [0, 0.05) is 135 Å². The number of fused-ring (bicyclic) bond motifs is 2. The minimum atomic E-state index is -0.559. The quantitative estimate of drug-likeness (QED) is 0.0286. The number of nitrogens with two attached hydrogens (primary N) is 2. The number of thiol groups is 1. The second-order valence-corrected chi connectivity index (χ2v) is 15.8. The lowest BCUT2D eigenvalue weighted by molar-refractivity contribution is -0.744. The molecule has 1 aliphatic rings. The van der Waals surface area contributed by atoms with E-state index in [0.29, 0.717) is 43.7 Å². The Kier molecular flexibility index (Phi) is 28.8. The highest BCUT2D eigenvalue weighted by Gasteiger charge is 2.29. The number of terminal acetylenes is 2. The number of rotatable bonds is 11. The predicted molar refractivity (Wildman–Crippen MR) is 334 cm³/mol. The molecule has 3 atom stereocenters. The molecule has 0 saturated carbocycles. The van der Waals surface area contributed by atoms with Gasteiger partial charge in [-0.3, -0.25) is 20.3 Å². The van der Waals surface area contributed by atoms with Crippen LogP contribution in [0.3, 0.4) is 0 Å². The number of nitrogens with zero attached hydrogens (tertiary/aromatic N) is 6. The largest absolute Gasteiger partial charge is 0.394 e. The molecule has 2 aromatic carbocycles. The van der Waals surface area contributed by atoms with Gasteiger partial charge in [0.25, 0.3) is 0 Å². The van der Waals surface area contributed by atoms with Crippen LogP contribution in [0, 0.1) is 184 Å². The second kappa shape index (κ2) is 36.9. The molecule has 5 N–H and O–H groups in total. The van der Waals surface area contributed by atoms with Crippen molar-refractivity contribution in [1.29, 1.82) is 0 Å². The number of ketones is 1. The normalized spacial score (nSPS) is 12.3. The summed E-state index contributed by atoms with van der Waals surface area (Å²) in [6, 6.07) is 16.4. The summed E-state index contributed by atoms with van der Waals surface area (Å²) < 4.78 is 4.84. The van der Waals surface area contributed by atoms with E-state index < -0.39 is 6.04 Å². The van der Waals surface area contributed by atoms with Crippen LogP contribution < -0.4 is 16.9 Å². The van der Waals surface area contributed by atoms with E-state index in [-0.39, 0.29) is 39.5 Å². The molecule has 0 aliphatic carbocycles. The molecule has 0 unspecified atom stereocenters. The van der Waals surface area contributed by atoms with Crippen LogP contribution in [0.4, 0.5) is 5.82 Å². The van der Waals surface area contributed by atoms with Crippen LogP contribution in [0.2, 0.25) is 0 Å². The van der Waals surface area contributed by atoms with Gasteiger partial charge in [-0.1, -0.05) is 55.7 Å². The summed E-state index contributed by atoms with van der Waals surface area (Å²) >= 11 is 4.75. The lowest BCUT2D eigenvalue weighted by Crippen LogP contribution is -2.51. The van der Waals surface area contributed by atoms with E-state index in [1.165, 1.54) is 11.1 Å². The Hall–Kier alpha value is -10.9. The number of aryl methyl sites for hydroxylation is 1. The Labute approximate surface area is 477 Å². The summed E-state index contributed by atoms with van der Waals surface area (Å²) in [5, 5.41) is 25.9. The average Bonchev–Trinajstić information content (AvgIpc) is 3.84. The van der Waals surface area contributed by atoms with Crippen molar-refractivity contribution in [1.82, 2.24) is 15.2 Å². The topological polar surface area (TPSA) is 187 Å². The molecule has 4 aromatic rings. The van der Waals surface area contributed by atoms with Crippen molar-refractivity contribution in [3.05, 3.63) is 76.4 Å². The molecule has 0 bridgehead atoms. The number of hydrogen-bond donors (Lipinski definition) is 4. The molecule has 1 saturated heterocycles. The lowest BCUT2D eigenvalue weighted by Gasteiger charge is -2.38. The molecule has 2 aromatic heterocycles. The summed E-state index contributed by atoms with van der Waals surface area (Å²) in [6.45, 7) is 4.71. The maximum Gasteiger partial charge on any atom is 0.234 e. The highest BCUT2D eigenvalue weighted by Crippen LogP contribution is 2.28. The number of pyridine rings is 1. The molecule has 76 heavy (non-hydrogen) atoms. The van der Waals surface area contributed by atoms with Crippen molar-refractivity contribution in [2.45, 2.75) is 70.5 Å². The fraction of sp³-hybridized carbons (Fsp3) is 0.197. The van der Waals surface area contributed by atoms with E-state index in [9.17, 15) is 14.8 Å². The molecule has 15 heteroatoms.